The van der Waals surface area contributed by atoms with Crippen LogP contribution in [-0.4, -0.2) is 41.7 Å². The van der Waals surface area contributed by atoms with Gasteiger partial charge in [-0.15, -0.1) is 0 Å². The number of hydrogen-bond donors (Lipinski definition) is 2. The number of aliphatic hydroxyl groups is 1. The molecule has 3 aromatic rings. The zero-order valence-electron chi connectivity index (χ0n) is 28.9. The van der Waals surface area contributed by atoms with Crippen molar-refractivity contribution in [2.75, 3.05) is 25.0 Å². The van der Waals surface area contributed by atoms with Gasteiger partial charge in [0.05, 0.1) is 18.8 Å². The molecule has 256 valence electrons. The van der Waals surface area contributed by atoms with Crippen LogP contribution in [0.3, 0.4) is 0 Å². The molecule has 1 amide bonds. The van der Waals surface area contributed by atoms with Crippen molar-refractivity contribution in [3.63, 3.8) is 0 Å². The van der Waals surface area contributed by atoms with Crippen LogP contribution in [0.15, 0.2) is 78.9 Å². The summed E-state index contributed by atoms with van der Waals surface area (Å²) in [7, 11) is 0. The van der Waals surface area contributed by atoms with Gasteiger partial charge in [0.1, 0.15) is 0 Å². The second-order valence-corrected chi connectivity index (χ2v) is 13.1. The molecule has 1 saturated heterocycles. The highest BCUT2D eigenvalue weighted by Gasteiger charge is 2.33. The number of anilines is 1. The number of unbranched alkanes of at least 4 members (excludes halogenated alkanes) is 10. The first-order chi connectivity index (χ1) is 23.1. The molecule has 0 spiro atoms. The van der Waals surface area contributed by atoms with Gasteiger partial charge in [-0.3, -0.25) is 4.79 Å². The molecule has 1 fully saturated rings. The number of nitrogens with zero attached hydrogens (tertiary/aromatic N) is 1. The number of aliphatic hydroxyl groups excluding tert-OH is 1. The van der Waals surface area contributed by atoms with Crippen molar-refractivity contribution in [1.82, 2.24) is 4.90 Å². The molecule has 4 rings (SSSR count). The maximum atomic E-state index is 12.7. The van der Waals surface area contributed by atoms with Crippen molar-refractivity contribution >= 4 is 11.6 Å². The van der Waals surface area contributed by atoms with Crippen LogP contribution in [0.5, 0.6) is 0 Å². The topological polar surface area (TPSA) is 71.0 Å². The first-order valence-corrected chi connectivity index (χ1v) is 18.3. The van der Waals surface area contributed by atoms with Crippen LogP contribution >= 0.6 is 0 Å². The predicted molar refractivity (Wildman–Crippen MR) is 192 cm³/mol. The van der Waals surface area contributed by atoms with E-state index in [4.69, 9.17) is 9.47 Å². The molecule has 47 heavy (non-hydrogen) atoms. The van der Waals surface area contributed by atoms with Gasteiger partial charge in [0, 0.05) is 29.8 Å². The molecular weight excluding hydrogens is 584 g/mol. The van der Waals surface area contributed by atoms with Gasteiger partial charge < -0.3 is 24.8 Å². The first kappa shape index (κ1) is 36.8. The Morgan fingerprint density at radius 3 is 1.89 bits per heavy atom. The minimum absolute atomic E-state index is 0.0221. The molecule has 3 atom stereocenters. The van der Waals surface area contributed by atoms with Gasteiger partial charge in [-0.2, -0.15) is 0 Å². The third-order valence-electron chi connectivity index (χ3n) is 9.21. The highest BCUT2D eigenvalue weighted by molar-refractivity contribution is 6.04. The largest absolute Gasteiger partial charge is 0.392 e. The number of amides is 1. The predicted octanol–water partition coefficient (Wildman–Crippen LogP) is 10.00. The van der Waals surface area contributed by atoms with Crippen LogP contribution in [0, 0.1) is 0 Å². The lowest BCUT2D eigenvalue weighted by Gasteiger charge is -2.38. The third kappa shape index (κ3) is 12.8. The van der Waals surface area contributed by atoms with E-state index in [9.17, 15) is 9.90 Å². The average Bonchev–Trinajstić information content (AvgIpc) is 3.11. The fourth-order valence-electron chi connectivity index (χ4n) is 6.36. The zero-order valence-corrected chi connectivity index (χ0v) is 28.9. The molecule has 2 N–H and O–H groups in total. The third-order valence-corrected chi connectivity index (χ3v) is 9.21. The second-order valence-electron chi connectivity index (χ2n) is 13.1. The van der Waals surface area contributed by atoms with Crippen molar-refractivity contribution < 1.29 is 19.4 Å². The van der Waals surface area contributed by atoms with Gasteiger partial charge in [-0.1, -0.05) is 133 Å². The number of rotatable bonds is 21. The Morgan fingerprint density at radius 1 is 0.723 bits per heavy atom. The van der Waals surface area contributed by atoms with Crippen LogP contribution in [0.25, 0.3) is 0 Å². The maximum absolute atomic E-state index is 12.7. The number of carbonyl (C=O) groups is 1. The van der Waals surface area contributed by atoms with E-state index in [0.29, 0.717) is 5.56 Å². The summed E-state index contributed by atoms with van der Waals surface area (Å²) in [4.78, 5) is 15.3. The molecule has 1 heterocycles. The molecule has 3 aromatic carbocycles. The number of hydrogen-bond acceptors (Lipinski definition) is 5. The first-order valence-electron chi connectivity index (χ1n) is 18.3. The summed E-state index contributed by atoms with van der Waals surface area (Å²) < 4.78 is 13.3. The molecule has 0 saturated carbocycles. The summed E-state index contributed by atoms with van der Waals surface area (Å²) in [5.41, 5.74) is 4.29. The van der Waals surface area contributed by atoms with E-state index >= 15 is 0 Å². The Hall–Kier alpha value is -3.03. The number of nitrogens with one attached hydrogen (secondary N) is 1. The standard InChI is InChI=1S/C41H58N2O4/c1-3-5-7-9-11-16-28-43(29-17-12-10-8-6-4-2)31-38-30-39(34-22-20-33(32-44)21-23-34)47-41(46-38)36-24-26-37(27-25-36)42-40(45)35-18-14-13-15-19-35/h13-15,18-27,38-39,41,44H,3-12,16-17,28-32H2,1-2H3,(H,42,45)/t38-,39+,41+/m0/s1. The molecule has 0 radical (unpaired) electrons. The lowest BCUT2D eigenvalue weighted by Crippen LogP contribution is -2.40. The van der Waals surface area contributed by atoms with E-state index in [-0.39, 0.29) is 24.7 Å². The van der Waals surface area contributed by atoms with Gasteiger partial charge in [-0.05, 0) is 61.3 Å². The van der Waals surface area contributed by atoms with Crippen molar-refractivity contribution in [2.24, 2.45) is 0 Å². The fraction of sp³-hybridized carbons (Fsp3) is 0.537. The summed E-state index contributed by atoms with van der Waals surface area (Å²) in [5, 5.41) is 12.6. The molecule has 1 aliphatic heterocycles. The van der Waals surface area contributed by atoms with E-state index in [2.05, 4.69) is 36.2 Å². The summed E-state index contributed by atoms with van der Waals surface area (Å²) in [6.07, 6.45) is 15.8. The molecule has 0 unspecified atom stereocenters. The zero-order chi connectivity index (χ0) is 33.1. The average molecular weight is 643 g/mol. The van der Waals surface area contributed by atoms with Gasteiger partial charge in [0.25, 0.3) is 5.91 Å². The van der Waals surface area contributed by atoms with Crippen LogP contribution < -0.4 is 5.32 Å². The fourth-order valence-corrected chi connectivity index (χ4v) is 6.36. The van der Waals surface area contributed by atoms with E-state index < -0.39 is 6.29 Å². The SMILES string of the molecule is CCCCCCCCN(CCCCCCCC)C[C@@H]1C[C@H](c2ccc(CO)cc2)O[C@H](c2ccc(NC(=O)c3ccccc3)cc2)O1. The number of ether oxygens (including phenoxy) is 2. The van der Waals surface area contributed by atoms with E-state index in [0.717, 1.165) is 48.4 Å². The Labute approximate surface area is 283 Å². The summed E-state index contributed by atoms with van der Waals surface area (Å²) >= 11 is 0. The molecule has 1 aliphatic rings. The monoisotopic (exact) mass is 642 g/mol. The minimum Gasteiger partial charge on any atom is -0.392 e. The molecule has 6 heteroatoms. The van der Waals surface area contributed by atoms with Gasteiger partial charge in [0.15, 0.2) is 6.29 Å². The van der Waals surface area contributed by atoms with Crippen molar-refractivity contribution in [3.05, 3.63) is 101 Å². The van der Waals surface area contributed by atoms with Gasteiger partial charge in [-0.25, -0.2) is 0 Å². The Bertz CT molecular complexity index is 1250. The summed E-state index contributed by atoms with van der Waals surface area (Å²) in [5.74, 6) is -0.134. The highest BCUT2D eigenvalue weighted by Crippen LogP contribution is 2.38. The Balaban J connectivity index is 1.44. The second kappa shape index (κ2) is 21.0. The van der Waals surface area contributed by atoms with Crippen molar-refractivity contribution in [1.29, 1.82) is 0 Å². The van der Waals surface area contributed by atoms with Crippen LogP contribution in [0.4, 0.5) is 5.69 Å². The van der Waals surface area contributed by atoms with Gasteiger partial charge >= 0.3 is 0 Å². The lowest BCUT2D eigenvalue weighted by atomic mass is 9.99. The van der Waals surface area contributed by atoms with Crippen LogP contribution in [-0.2, 0) is 16.1 Å². The van der Waals surface area contributed by atoms with Crippen molar-refractivity contribution in [3.8, 4) is 0 Å². The lowest BCUT2D eigenvalue weighted by molar-refractivity contribution is -0.253. The smallest absolute Gasteiger partial charge is 0.255 e. The molecular formula is C41H58N2O4. The minimum atomic E-state index is -0.514. The normalized spacial score (nSPS) is 18.0. The molecule has 6 nitrogen and oxygen atoms in total. The van der Waals surface area contributed by atoms with Crippen molar-refractivity contribution in [2.45, 2.75) is 122 Å². The highest BCUT2D eigenvalue weighted by atomic mass is 16.7. The van der Waals surface area contributed by atoms with E-state index in [1.54, 1.807) is 0 Å². The van der Waals surface area contributed by atoms with Crippen LogP contribution in [0.2, 0.25) is 0 Å². The molecule has 0 aliphatic carbocycles. The quantitative estimate of drug-likeness (QED) is 0.113. The van der Waals surface area contributed by atoms with E-state index in [1.807, 2.05) is 66.7 Å². The summed E-state index contributed by atoms with van der Waals surface area (Å²) in [6, 6.07) is 25.2. The number of carbonyl (C=O) groups excluding carboxylic acids is 1. The number of benzene rings is 3. The van der Waals surface area contributed by atoms with E-state index in [1.165, 1.54) is 77.0 Å². The summed E-state index contributed by atoms with van der Waals surface area (Å²) in [6.45, 7) is 7.68. The molecule has 0 bridgehead atoms. The van der Waals surface area contributed by atoms with Gasteiger partial charge in [0.2, 0.25) is 0 Å². The Morgan fingerprint density at radius 2 is 1.30 bits per heavy atom. The van der Waals surface area contributed by atoms with Crippen LogP contribution in [0.1, 0.15) is 137 Å². The maximum Gasteiger partial charge on any atom is 0.255 e. The Kier molecular flexibility index (Phi) is 16.5. The molecule has 0 aromatic heterocycles.